The fraction of sp³-hybridized carbons (Fsp3) is 0.296. The van der Waals surface area contributed by atoms with Crippen LogP contribution in [0.5, 0.6) is 5.75 Å². The molecule has 3 aliphatic rings. The lowest BCUT2D eigenvalue weighted by atomic mass is 9.31. The van der Waals surface area contributed by atoms with Crippen LogP contribution in [0, 0.1) is 5.92 Å². The molecule has 1 saturated heterocycles. The zero-order valence-corrected chi connectivity index (χ0v) is 17.2. The summed E-state index contributed by atoms with van der Waals surface area (Å²) in [5.74, 6) is 1.18. The van der Waals surface area contributed by atoms with Crippen LogP contribution < -0.4 is 4.74 Å². The molecule has 2 aliphatic carbocycles. The van der Waals surface area contributed by atoms with Crippen LogP contribution >= 0.6 is 0 Å². The molecule has 0 N–H and O–H groups in total. The number of carbonyl (C=O) groups is 1. The smallest absolute Gasteiger partial charge is 0.318 e. The lowest BCUT2D eigenvalue weighted by molar-refractivity contribution is -0.186. The number of methoxy groups -OCH3 is 1. The van der Waals surface area contributed by atoms with E-state index in [0.717, 1.165) is 23.3 Å². The monoisotopic (exact) mass is 396 g/mol. The summed E-state index contributed by atoms with van der Waals surface area (Å²) in [6.45, 7) is 2.78. The van der Waals surface area contributed by atoms with Crippen LogP contribution in [-0.4, -0.2) is 19.7 Å². The molecule has 3 aromatic carbocycles. The predicted octanol–water partition coefficient (Wildman–Crippen LogP) is 5.23. The molecule has 3 aromatic rings. The molecular weight excluding hydrogens is 372 g/mol. The van der Waals surface area contributed by atoms with Crippen LogP contribution in [0.2, 0.25) is 0 Å². The second-order valence-electron chi connectivity index (χ2n) is 8.79. The predicted molar refractivity (Wildman–Crippen MR) is 116 cm³/mol. The highest BCUT2D eigenvalue weighted by atomic mass is 16.5. The molecule has 6 rings (SSSR count). The van der Waals surface area contributed by atoms with Crippen LogP contribution in [0.3, 0.4) is 0 Å². The molecule has 0 bridgehead atoms. The lowest BCUT2D eigenvalue weighted by Crippen LogP contribution is -2.75. The Bertz CT molecular complexity index is 1160. The summed E-state index contributed by atoms with van der Waals surface area (Å²) in [7, 11) is 1.68. The first-order valence-electron chi connectivity index (χ1n) is 10.7. The maximum Gasteiger partial charge on any atom is 0.318 e. The largest absolute Gasteiger partial charge is 0.497 e. The van der Waals surface area contributed by atoms with Gasteiger partial charge in [-0.25, -0.2) is 0 Å². The summed E-state index contributed by atoms with van der Waals surface area (Å²) in [6, 6.07) is 25.3. The van der Waals surface area contributed by atoms with E-state index in [2.05, 4.69) is 67.6 Å². The molecule has 3 heteroatoms. The Kier molecular flexibility index (Phi) is 3.54. The third-order valence-electron chi connectivity index (χ3n) is 8.04. The van der Waals surface area contributed by atoms with Crippen molar-refractivity contribution in [3.8, 4) is 16.9 Å². The van der Waals surface area contributed by atoms with Crippen molar-refractivity contribution >= 4 is 5.97 Å². The number of rotatable bonds is 2. The topological polar surface area (TPSA) is 35.5 Å². The molecule has 1 aliphatic heterocycles. The van der Waals surface area contributed by atoms with Gasteiger partial charge < -0.3 is 9.47 Å². The van der Waals surface area contributed by atoms with E-state index in [1.807, 2.05) is 12.1 Å². The highest BCUT2D eigenvalue weighted by Gasteiger charge is 2.78. The Morgan fingerprint density at radius 2 is 1.63 bits per heavy atom. The van der Waals surface area contributed by atoms with E-state index < -0.39 is 5.41 Å². The van der Waals surface area contributed by atoms with Gasteiger partial charge in [-0.05, 0) is 52.3 Å². The maximum atomic E-state index is 13.8. The number of hydrogen-bond acceptors (Lipinski definition) is 3. The molecule has 3 nitrogen and oxygen atoms in total. The van der Waals surface area contributed by atoms with E-state index in [-0.39, 0.29) is 17.3 Å². The summed E-state index contributed by atoms with van der Waals surface area (Å²) in [5.41, 5.74) is 5.02. The highest BCUT2D eigenvalue weighted by molar-refractivity contribution is 5.97. The van der Waals surface area contributed by atoms with Gasteiger partial charge in [0.15, 0.2) is 0 Å². The first-order chi connectivity index (χ1) is 14.7. The maximum absolute atomic E-state index is 13.8. The fourth-order valence-electron chi connectivity index (χ4n) is 6.97. The molecular formula is C27H24O3. The highest BCUT2D eigenvalue weighted by Crippen LogP contribution is 2.75. The first kappa shape index (κ1) is 17.8. The van der Waals surface area contributed by atoms with Crippen molar-refractivity contribution in [3.05, 3.63) is 89.5 Å². The number of esters is 1. The summed E-state index contributed by atoms with van der Waals surface area (Å²) in [4.78, 5) is 13.8. The zero-order chi connectivity index (χ0) is 20.5. The summed E-state index contributed by atoms with van der Waals surface area (Å²) in [5, 5.41) is 0. The number of carbonyl (C=O) groups excluding carboxylic acids is 1. The van der Waals surface area contributed by atoms with Crippen LogP contribution in [0.1, 0.15) is 36.0 Å². The van der Waals surface area contributed by atoms with Gasteiger partial charge in [-0.2, -0.15) is 0 Å². The van der Waals surface area contributed by atoms with Crippen LogP contribution in [0.4, 0.5) is 0 Å². The lowest BCUT2D eigenvalue weighted by Gasteiger charge is -2.71. The standard InChI is InChI=1S/C27H24O3/c1-17-24-22-9-4-3-7-20(22)21-8-5-6-10-23(21)27(24)25(28)30-16-15-26(17,27)18-11-13-19(29-2)14-12-18/h3-14,17,24H,15-16H2,1-2H3/t17-,24+,26-,27-/m0/s1. The minimum absolute atomic E-state index is 0.0744. The van der Waals surface area contributed by atoms with Gasteiger partial charge >= 0.3 is 5.97 Å². The van der Waals surface area contributed by atoms with Gasteiger partial charge in [0.2, 0.25) is 0 Å². The average molecular weight is 396 g/mol. The Hall–Kier alpha value is -3.07. The van der Waals surface area contributed by atoms with Gasteiger partial charge in [0, 0.05) is 11.3 Å². The second kappa shape index (κ2) is 5.98. The van der Waals surface area contributed by atoms with E-state index in [1.54, 1.807) is 7.11 Å². The SMILES string of the molecule is COc1ccc([C@@]23CCOC(=O)[C@@]24c2ccccc2-c2ccccc2[C@H]4[C@@H]3C)cc1. The molecule has 150 valence electrons. The van der Waals surface area contributed by atoms with Gasteiger partial charge in [0.05, 0.1) is 13.7 Å². The molecule has 30 heavy (non-hydrogen) atoms. The number of fused-ring (bicyclic) bond motifs is 4. The van der Waals surface area contributed by atoms with Crippen LogP contribution in [0.15, 0.2) is 72.8 Å². The minimum atomic E-state index is -0.690. The molecule has 1 spiro atoms. The zero-order valence-electron chi connectivity index (χ0n) is 17.2. The van der Waals surface area contributed by atoms with Crippen molar-refractivity contribution < 1.29 is 14.3 Å². The van der Waals surface area contributed by atoms with E-state index in [1.165, 1.54) is 16.7 Å². The van der Waals surface area contributed by atoms with Gasteiger partial charge in [-0.15, -0.1) is 0 Å². The van der Waals surface area contributed by atoms with E-state index in [0.29, 0.717) is 12.5 Å². The first-order valence-corrected chi connectivity index (χ1v) is 10.7. The van der Waals surface area contributed by atoms with E-state index >= 15 is 0 Å². The average Bonchev–Trinajstić information content (AvgIpc) is 2.80. The molecule has 1 saturated carbocycles. The van der Waals surface area contributed by atoms with Gasteiger partial charge in [0.25, 0.3) is 0 Å². The number of cyclic esters (lactones) is 1. The van der Waals surface area contributed by atoms with Crippen molar-refractivity contribution in [2.24, 2.45) is 5.92 Å². The molecule has 0 amide bonds. The van der Waals surface area contributed by atoms with E-state index in [9.17, 15) is 4.79 Å². The van der Waals surface area contributed by atoms with Crippen molar-refractivity contribution in [1.82, 2.24) is 0 Å². The van der Waals surface area contributed by atoms with Gasteiger partial charge in [-0.3, -0.25) is 4.79 Å². The van der Waals surface area contributed by atoms with Gasteiger partial charge in [0.1, 0.15) is 11.2 Å². The van der Waals surface area contributed by atoms with Crippen molar-refractivity contribution in [3.63, 3.8) is 0 Å². The summed E-state index contributed by atoms with van der Waals surface area (Å²) < 4.78 is 11.2. The molecule has 4 atom stereocenters. The summed E-state index contributed by atoms with van der Waals surface area (Å²) in [6.07, 6.45) is 0.833. The van der Waals surface area contributed by atoms with Crippen molar-refractivity contribution in [2.75, 3.05) is 13.7 Å². The molecule has 2 fully saturated rings. The number of benzene rings is 3. The number of hydrogen-bond donors (Lipinski definition) is 0. The van der Waals surface area contributed by atoms with Crippen molar-refractivity contribution in [2.45, 2.75) is 30.1 Å². The molecule has 1 heterocycles. The molecule has 0 unspecified atom stereocenters. The third kappa shape index (κ3) is 1.81. The summed E-state index contributed by atoms with van der Waals surface area (Å²) >= 11 is 0. The number of ether oxygens (including phenoxy) is 2. The Balaban J connectivity index is 1.68. The molecule has 0 aromatic heterocycles. The van der Waals surface area contributed by atoms with Gasteiger partial charge in [-0.1, -0.05) is 67.6 Å². The third-order valence-corrected chi connectivity index (χ3v) is 8.04. The Labute approximate surface area is 176 Å². The minimum Gasteiger partial charge on any atom is -0.497 e. The second-order valence-corrected chi connectivity index (χ2v) is 8.79. The normalized spacial score (nSPS) is 30.7. The Morgan fingerprint density at radius 3 is 2.40 bits per heavy atom. The Morgan fingerprint density at radius 1 is 0.933 bits per heavy atom. The van der Waals surface area contributed by atoms with Crippen LogP contribution in [-0.2, 0) is 20.4 Å². The quantitative estimate of drug-likeness (QED) is 0.556. The van der Waals surface area contributed by atoms with Crippen molar-refractivity contribution in [1.29, 1.82) is 0 Å². The fourth-order valence-corrected chi connectivity index (χ4v) is 6.97. The van der Waals surface area contributed by atoms with E-state index in [4.69, 9.17) is 9.47 Å². The molecule has 0 radical (unpaired) electrons. The van der Waals surface area contributed by atoms with Crippen LogP contribution in [0.25, 0.3) is 11.1 Å².